The van der Waals surface area contributed by atoms with Gasteiger partial charge in [-0.2, -0.15) is 18.4 Å². The normalized spacial score (nSPS) is 19.1. The van der Waals surface area contributed by atoms with E-state index in [-0.39, 0.29) is 23.3 Å². The molecule has 5 rings (SSSR count). The van der Waals surface area contributed by atoms with Crippen molar-refractivity contribution in [3.8, 4) is 17.3 Å². The van der Waals surface area contributed by atoms with Gasteiger partial charge in [0.15, 0.2) is 0 Å². The average Bonchev–Trinajstić information content (AvgIpc) is 3.37. The molecule has 2 aliphatic rings. The fourth-order valence-corrected chi connectivity index (χ4v) is 5.94. The molecule has 2 saturated heterocycles. The van der Waals surface area contributed by atoms with Gasteiger partial charge in [0.25, 0.3) is 0 Å². The summed E-state index contributed by atoms with van der Waals surface area (Å²) in [4.78, 5) is 22.6. The lowest BCUT2D eigenvalue weighted by molar-refractivity contribution is -0.137. The fourth-order valence-electron chi connectivity index (χ4n) is 5.94. The van der Waals surface area contributed by atoms with Crippen LogP contribution in [-0.2, 0) is 16.4 Å². The van der Waals surface area contributed by atoms with Gasteiger partial charge in [0, 0.05) is 37.4 Å². The maximum absolute atomic E-state index is 14.0. The maximum Gasteiger partial charge on any atom is 0.416 e. The first-order valence-electron chi connectivity index (χ1n) is 13.6. The van der Waals surface area contributed by atoms with E-state index in [1.807, 2.05) is 31.0 Å². The van der Waals surface area contributed by atoms with Crippen LogP contribution in [0.1, 0.15) is 41.5 Å². The molecule has 3 heterocycles. The number of aryl methyl sites for hydroxylation is 1. The molecule has 0 unspecified atom stereocenters. The Bertz CT molecular complexity index is 1470. The van der Waals surface area contributed by atoms with Crippen molar-refractivity contribution in [1.82, 2.24) is 15.2 Å². The second-order valence-corrected chi connectivity index (χ2v) is 11.0. The van der Waals surface area contributed by atoms with Crippen LogP contribution in [-0.4, -0.2) is 55.1 Å². The van der Waals surface area contributed by atoms with Crippen LogP contribution in [0.4, 0.5) is 23.2 Å². The molecular weight excluding hydrogens is 534 g/mol. The number of nitrogens with one attached hydrogen (secondary N) is 1. The molecule has 6 nitrogen and oxygen atoms in total. The number of anilines is 1. The molecule has 0 bridgehead atoms. The Labute approximate surface area is 236 Å². The molecule has 2 fully saturated rings. The van der Waals surface area contributed by atoms with E-state index >= 15 is 0 Å². The highest BCUT2D eigenvalue weighted by molar-refractivity contribution is 5.89. The van der Waals surface area contributed by atoms with Gasteiger partial charge in [0.05, 0.1) is 27.9 Å². The van der Waals surface area contributed by atoms with Gasteiger partial charge in [-0.1, -0.05) is 12.1 Å². The molecule has 2 aromatic carbocycles. The van der Waals surface area contributed by atoms with Crippen LogP contribution in [0.5, 0.6) is 0 Å². The predicted molar refractivity (Wildman–Crippen MR) is 148 cm³/mol. The van der Waals surface area contributed by atoms with Crippen LogP contribution in [0, 0.1) is 24.1 Å². The molecule has 1 amide bonds. The summed E-state index contributed by atoms with van der Waals surface area (Å²) in [6.45, 7) is 4.25. The number of pyridine rings is 1. The monoisotopic (exact) mass is 565 g/mol. The van der Waals surface area contributed by atoms with E-state index in [2.05, 4.69) is 15.2 Å². The average molecular weight is 566 g/mol. The van der Waals surface area contributed by atoms with E-state index in [0.717, 1.165) is 42.8 Å². The molecular formula is C31H31F4N5O. The lowest BCUT2D eigenvalue weighted by Crippen LogP contribution is -2.54. The Morgan fingerprint density at radius 2 is 1.85 bits per heavy atom. The second kappa shape index (κ2) is 11.1. The van der Waals surface area contributed by atoms with Crippen molar-refractivity contribution < 1.29 is 22.4 Å². The minimum absolute atomic E-state index is 0.0182. The number of likely N-dealkylation sites (N-methyl/N-ethyl adjacent to an activating group) is 1. The quantitative estimate of drug-likeness (QED) is 0.417. The van der Waals surface area contributed by atoms with Gasteiger partial charge in [-0.05, 0) is 87.3 Å². The van der Waals surface area contributed by atoms with Gasteiger partial charge < -0.3 is 15.1 Å². The summed E-state index contributed by atoms with van der Waals surface area (Å²) in [5.74, 6) is -0.469. The number of carbonyl (C=O) groups excluding carboxylic acids is 1. The van der Waals surface area contributed by atoms with E-state index in [9.17, 15) is 27.6 Å². The number of rotatable bonds is 5. The van der Waals surface area contributed by atoms with Crippen molar-refractivity contribution in [3.63, 3.8) is 0 Å². The molecule has 1 atom stereocenters. The molecule has 10 heteroatoms. The van der Waals surface area contributed by atoms with Crippen LogP contribution >= 0.6 is 0 Å². The first-order chi connectivity index (χ1) is 19.5. The molecule has 1 aromatic heterocycles. The first-order valence-corrected chi connectivity index (χ1v) is 13.6. The summed E-state index contributed by atoms with van der Waals surface area (Å²) in [6.07, 6.45) is -1.26. The summed E-state index contributed by atoms with van der Waals surface area (Å²) < 4.78 is 53.6. The first kappa shape index (κ1) is 28.6. The standard InChI is InChI=1S/C31H31F4N5O/c1-20-3-6-24(32)16-26(20)27-7-4-23(18-37-27)30(29(41)38-25-9-12-39(2)19-25)10-13-40(14-11-30)28-8-5-22(31(33,34)35)15-21(28)17-36/h3-8,15-16,18,25H,9-14,19H2,1-2H3,(H,38,41)/t25-/m1/s1. The van der Waals surface area contributed by atoms with Crippen molar-refractivity contribution in [1.29, 1.82) is 5.26 Å². The zero-order chi connectivity index (χ0) is 29.4. The number of amides is 1. The number of alkyl halides is 3. The molecule has 214 valence electrons. The van der Waals surface area contributed by atoms with Crippen LogP contribution in [0.2, 0.25) is 0 Å². The molecule has 0 aliphatic carbocycles. The Hall–Kier alpha value is -3.97. The number of likely N-dealkylation sites (tertiary alicyclic amines) is 1. The van der Waals surface area contributed by atoms with Crippen molar-refractivity contribution >= 4 is 11.6 Å². The molecule has 0 spiro atoms. The molecule has 41 heavy (non-hydrogen) atoms. The number of nitriles is 1. The smallest absolute Gasteiger partial charge is 0.370 e. The lowest BCUT2D eigenvalue weighted by Gasteiger charge is -2.42. The number of aromatic nitrogens is 1. The zero-order valence-corrected chi connectivity index (χ0v) is 22.9. The lowest BCUT2D eigenvalue weighted by atomic mass is 9.72. The van der Waals surface area contributed by atoms with Crippen molar-refractivity contribution in [2.24, 2.45) is 0 Å². The third-order valence-electron chi connectivity index (χ3n) is 8.35. The van der Waals surface area contributed by atoms with Gasteiger partial charge in [-0.15, -0.1) is 0 Å². The van der Waals surface area contributed by atoms with E-state index in [1.165, 1.54) is 18.2 Å². The van der Waals surface area contributed by atoms with Crippen LogP contribution in [0.15, 0.2) is 54.7 Å². The van der Waals surface area contributed by atoms with Crippen molar-refractivity contribution in [2.45, 2.75) is 43.8 Å². The minimum atomic E-state index is -4.54. The number of benzene rings is 2. The summed E-state index contributed by atoms with van der Waals surface area (Å²) >= 11 is 0. The predicted octanol–water partition coefficient (Wildman–Crippen LogP) is 5.45. The maximum atomic E-state index is 14.0. The molecule has 0 saturated carbocycles. The Balaban J connectivity index is 1.44. The number of carbonyl (C=O) groups is 1. The molecule has 3 aromatic rings. The van der Waals surface area contributed by atoms with E-state index < -0.39 is 17.2 Å². The molecule has 0 radical (unpaired) electrons. The van der Waals surface area contributed by atoms with E-state index in [0.29, 0.717) is 42.9 Å². The number of nitrogens with zero attached hydrogens (tertiary/aromatic N) is 4. The van der Waals surface area contributed by atoms with Crippen molar-refractivity contribution in [3.05, 3.63) is 82.8 Å². The Kier molecular flexibility index (Phi) is 7.75. The van der Waals surface area contributed by atoms with Crippen LogP contribution in [0.25, 0.3) is 11.3 Å². The largest absolute Gasteiger partial charge is 0.416 e. The summed E-state index contributed by atoms with van der Waals surface area (Å²) in [6, 6.07) is 13.3. The Morgan fingerprint density at radius 3 is 2.46 bits per heavy atom. The number of halogens is 4. The van der Waals surface area contributed by atoms with Crippen LogP contribution in [0.3, 0.4) is 0 Å². The Morgan fingerprint density at radius 1 is 1.10 bits per heavy atom. The third kappa shape index (κ3) is 5.77. The van der Waals surface area contributed by atoms with Gasteiger partial charge >= 0.3 is 6.18 Å². The van der Waals surface area contributed by atoms with Crippen molar-refractivity contribution in [2.75, 3.05) is 38.1 Å². The minimum Gasteiger partial charge on any atom is -0.370 e. The van der Waals surface area contributed by atoms with Gasteiger partial charge in [0.2, 0.25) is 5.91 Å². The van der Waals surface area contributed by atoms with Gasteiger partial charge in [-0.25, -0.2) is 4.39 Å². The zero-order valence-electron chi connectivity index (χ0n) is 22.9. The SMILES string of the molecule is Cc1ccc(F)cc1-c1ccc(C2(C(=O)N[C@@H]3CCN(C)C3)CCN(c3ccc(C(F)(F)F)cc3C#N)CC2)cn1. The highest BCUT2D eigenvalue weighted by Crippen LogP contribution is 2.40. The summed E-state index contributed by atoms with van der Waals surface area (Å²) in [7, 11) is 2.01. The highest BCUT2D eigenvalue weighted by atomic mass is 19.4. The van der Waals surface area contributed by atoms with Gasteiger partial charge in [0.1, 0.15) is 11.9 Å². The second-order valence-electron chi connectivity index (χ2n) is 11.0. The van der Waals surface area contributed by atoms with Gasteiger partial charge in [-0.3, -0.25) is 9.78 Å². The summed E-state index contributed by atoms with van der Waals surface area (Å²) in [5, 5.41) is 12.8. The number of piperidine rings is 1. The third-order valence-corrected chi connectivity index (χ3v) is 8.35. The molecule has 1 N–H and O–H groups in total. The van der Waals surface area contributed by atoms with E-state index in [4.69, 9.17) is 0 Å². The van der Waals surface area contributed by atoms with Crippen LogP contribution < -0.4 is 10.2 Å². The molecule has 2 aliphatic heterocycles. The van der Waals surface area contributed by atoms with E-state index in [1.54, 1.807) is 18.3 Å². The number of hydrogen-bond acceptors (Lipinski definition) is 5. The number of hydrogen-bond donors (Lipinski definition) is 1. The fraction of sp³-hybridized carbons (Fsp3) is 0.387. The summed E-state index contributed by atoms with van der Waals surface area (Å²) in [5.41, 5.74) is 1.45. The topological polar surface area (TPSA) is 72.3 Å². The highest BCUT2D eigenvalue weighted by Gasteiger charge is 2.44.